The molecule has 8 heteroatoms. The summed E-state index contributed by atoms with van der Waals surface area (Å²) in [5, 5.41) is 18.0. The van der Waals surface area contributed by atoms with Crippen molar-refractivity contribution in [3.8, 4) is 5.75 Å². The molecule has 1 aromatic carbocycles. The fourth-order valence-electron chi connectivity index (χ4n) is 1.74. The zero-order valence-electron chi connectivity index (χ0n) is 12.1. The molecule has 0 heterocycles. The number of hydrogen-bond acceptors (Lipinski definition) is 5. The van der Waals surface area contributed by atoms with Crippen molar-refractivity contribution in [1.82, 2.24) is 4.31 Å². The third-order valence-corrected chi connectivity index (χ3v) is 5.22. The third kappa shape index (κ3) is 3.93. The molecule has 0 spiro atoms. The van der Waals surface area contributed by atoms with E-state index in [2.05, 4.69) is 0 Å². The van der Waals surface area contributed by atoms with Crippen molar-refractivity contribution in [2.75, 3.05) is 20.8 Å². The maximum absolute atomic E-state index is 12.5. The van der Waals surface area contributed by atoms with E-state index < -0.39 is 28.5 Å². The van der Waals surface area contributed by atoms with E-state index in [1.165, 1.54) is 32.4 Å². The van der Waals surface area contributed by atoms with Gasteiger partial charge in [0.1, 0.15) is 5.75 Å². The summed E-state index contributed by atoms with van der Waals surface area (Å²) in [6.45, 7) is 1.22. The first-order valence-corrected chi connectivity index (χ1v) is 7.65. The van der Waals surface area contributed by atoms with Crippen molar-refractivity contribution < 1.29 is 28.2 Å². The second-order valence-electron chi connectivity index (χ2n) is 4.60. The average molecular weight is 317 g/mol. The number of aliphatic carboxylic acids is 1. The van der Waals surface area contributed by atoms with Gasteiger partial charge in [-0.05, 0) is 30.7 Å². The molecule has 0 fully saturated rings. The fourth-order valence-corrected chi connectivity index (χ4v) is 3.30. The number of sulfonamides is 1. The highest BCUT2D eigenvalue weighted by atomic mass is 32.2. The lowest BCUT2D eigenvalue weighted by atomic mass is 10.1. The summed E-state index contributed by atoms with van der Waals surface area (Å²) in [6.07, 6.45) is -0.437. The van der Waals surface area contributed by atoms with Crippen LogP contribution in [-0.2, 0) is 21.2 Å². The van der Waals surface area contributed by atoms with E-state index in [-0.39, 0.29) is 17.1 Å². The number of carbonyl (C=O) groups is 1. The van der Waals surface area contributed by atoms with Crippen LogP contribution in [0.1, 0.15) is 12.5 Å². The van der Waals surface area contributed by atoms with Crippen molar-refractivity contribution in [2.24, 2.45) is 0 Å². The zero-order valence-corrected chi connectivity index (χ0v) is 12.9. The highest BCUT2D eigenvalue weighted by Crippen LogP contribution is 2.25. The molecule has 0 aliphatic carbocycles. The Labute approximate surface area is 123 Å². The highest BCUT2D eigenvalue weighted by Gasteiger charge is 2.28. The Kier molecular flexibility index (Phi) is 5.70. The van der Waals surface area contributed by atoms with Gasteiger partial charge in [0.05, 0.1) is 25.0 Å². The van der Waals surface area contributed by atoms with Crippen LogP contribution in [0, 0.1) is 0 Å². The molecule has 0 saturated heterocycles. The number of nitrogens with zero attached hydrogens (tertiary/aromatic N) is 1. The van der Waals surface area contributed by atoms with Gasteiger partial charge in [0.25, 0.3) is 0 Å². The number of methoxy groups -OCH3 is 1. The van der Waals surface area contributed by atoms with Crippen LogP contribution in [0.3, 0.4) is 0 Å². The minimum absolute atomic E-state index is 0.103. The Morgan fingerprint density at radius 3 is 2.52 bits per heavy atom. The van der Waals surface area contributed by atoms with Gasteiger partial charge in [-0.15, -0.1) is 0 Å². The van der Waals surface area contributed by atoms with Crippen LogP contribution in [0.4, 0.5) is 0 Å². The van der Waals surface area contributed by atoms with Crippen LogP contribution in [0.15, 0.2) is 23.1 Å². The number of carboxylic acids is 1. The summed E-state index contributed by atoms with van der Waals surface area (Å²) in [6, 6.07) is 3.54. The summed E-state index contributed by atoms with van der Waals surface area (Å²) in [4.78, 5) is 10.8. The molecule has 118 valence electrons. The SMILES string of the molecule is COc1ccc(S(=O)(=O)N(C)C(C)CO)c(CC(=O)O)c1. The van der Waals surface area contributed by atoms with Crippen molar-refractivity contribution in [2.45, 2.75) is 24.3 Å². The zero-order chi connectivity index (χ0) is 16.2. The number of aliphatic hydroxyl groups excluding tert-OH is 1. The standard InChI is InChI=1S/C13H19NO6S/c1-9(8-15)14(2)21(18,19)12-5-4-11(20-3)6-10(12)7-13(16)17/h4-6,9,15H,7-8H2,1-3H3,(H,16,17). The van der Waals surface area contributed by atoms with Gasteiger partial charge < -0.3 is 14.9 Å². The first kappa shape index (κ1) is 17.4. The molecule has 0 saturated carbocycles. The Morgan fingerprint density at radius 1 is 1.43 bits per heavy atom. The predicted molar refractivity (Wildman–Crippen MR) is 75.8 cm³/mol. The Hall–Kier alpha value is -1.64. The van der Waals surface area contributed by atoms with Crippen LogP contribution in [-0.4, -0.2) is 55.7 Å². The lowest BCUT2D eigenvalue weighted by molar-refractivity contribution is -0.136. The molecule has 0 aromatic heterocycles. The van der Waals surface area contributed by atoms with E-state index in [4.69, 9.17) is 14.9 Å². The number of carboxylic acid groups (broad SMARTS) is 1. The topological polar surface area (TPSA) is 104 Å². The van der Waals surface area contributed by atoms with Gasteiger partial charge in [-0.25, -0.2) is 8.42 Å². The molecule has 1 rings (SSSR count). The molecule has 0 aliphatic rings. The van der Waals surface area contributed by atoms with Crippen molar-refractivity contribution in [3.05, 3.63) is 23.8 Å². The minimum atomic E-state index is -3.90. The van der Waals surface area contributed by atoms with Crippen LogP contribution in [0.5, 0.6) is 5.75 Å². The van der Waals surface area contributed by atoms with Crippen LogP contribution in [0.2, 0.25) is 0 Å². The summed E-state index contributed by atoms with van der Waals surface area (Å²) in [7, 11) is -1.15. The van der Waals surface area contributed by atoms with Crippen molar-refractivity contribution in [1.29, 1.82) is 0 Å². The Balaban J connectivity index is 3.37. The van der Waals surface area contributed by atoms with Gasteiger partial charge >= 0.3 is 5.97 Å². The molecule has 1 unspecified atom stereocenters. The number of ether oxygens (including phenoxy) is 1. The van der Waals surface area contributed by atoms with Crippen LogP contribution in [0.25, 0.3) is 0 Å². The number of benzene rings is 1. The quantitative estimate of drug-likeness (QED) is 0.751. The summed E-state index contributed by atoms with van der Waals surface area (Å²) in [5.74, 6) is -0.763. The predicted octanol–water partition coefficient (Wildman–Crippen LogP) is 0.324. The lowest BCUT2D eigenvalue weighted by Gasteiger charge is -2.24. The van der Waals surface area contributed by atoms with E-state index in [0.717, 1.165) is 4.31 Å². The van der Waals surface area contributed by atoms with Gasteiger partial charge in [0.2, 0.25) is 10.0 Å². The fraction of sp³-hybridized carbons (Fsp3) is 0.462. The normalized spacial score (nSPS) is 13.2. The molecule has 0 bridgehead atoms. The van der Waals surface area contributed by atoms with E-state index in [1.54, 1.807) is 6.92 Å². The summed E-state index contributed by atoms with van der Waals surface area (Å²) in [5.41, 5.74) is 0.138. The van der Waals surface area contributed by atoms with Crippen LogP contribution < -0.4 is 4.74 Å². The van der Waals surface area contributed by atoms with Gasteiger partial charge in [-0.1, -0.05) is 0 Å². The Bertz CT molecular complexity index is 613. The number of aliphatic hydroxyl groups is 1. The lowest BCUT2D eigenvalue weighted by Crippen LogP contribution is -2.37. The minimum Gasteiger partial charge on any atom is -0.497 e. The van der Waals surface area contributed by atoms with E-state index in [9.17, 15) is 13.2 Å². The van der Waals surface area contributed by atoms with E-state index in [1.807, 2.05) is 0 Å². The van der Waals surface area contributed by atoms with E-state index >= 15 is 0 Å². The summed E-state index contributed by atoms with van der Waals surface area (Å²) < 4.78 is 31.0. The molecular formula is C13H19NO6S. The maximum atomic E-state index is 12.5. The first-order valence-electron chi connectivity index (χ1n) is 6.21. The molecule has 2 N–H and O–H groups in total. The molecule has 0 radical (unpaired) electrons. The second kappa shape index (κ2) is 6.88. The monoisotopic (exact) mass is 317 g/mol. The Morgan fingerprint density at radius 2 is 2.05 bits per heavy atom. The second-order valence-corrected chi connectivity index (χ2v) is 6.56. The highest BCUT2D eigenvalue weighted by molar-refractivity contribution is 7.89. The van der Waals surface area contributed by atoms with Gasteiger partial charge in [0, 0.05) is 13.1 Å². The molecule has 21 heavy (non-hydrogen) atoms. The van der Waals surface area contributed by atoms with Gasteiger partial charge in [-0.2, -0.15) is 4.31 Å². The molecule has 7 nitrogen and oxygen atoms in total. The molecule has 0 amide bonds. The van der Waals surface area contributed by atoms with Crippen molar-refractivity contribution >= 4 is 16.0 Å². The maximum Gasteiger partial charge on any atom is 0.307 e. The van der Waals surface area contributed by atoms with Gasteiger partial charge in [0.15, 0.2) is 0 Å². The first-order chi connectivity index (χ1) is 9.73. The number of likely N-dealkylation sites (N-methyl/N-ethyl adjacent to an activating group) is 1. The average Bonchev–Trinajstić information content (AvgIpc) is 2.44. The van der Waals surface area contributed by atoms with E-state index in [0.29, 0.717) is 5.75 Å². The number of rotatable bonds is 7. The molecule has 1 atom stereocenters. The largest absolute Gasteiger partial charge is 0.497 e. The smallest absolute Gasteiger partial charge is 0.307 e. The molecule has 0 aliphatic heterocycles. The van der Waals surface area contributed by atoms with Crippen molar-refractivity contribution in [3.63, 3.8) is 0 Å². The van der Waals surface area contributed by atoms with Gasteiger partial charge in [-0.3, -0.25) is 4.79 Å². The third-order valence-electron chi connectivity index (χ3n) is 3.15. The summed E-state index contributed by atoms with van der Waals surface area (Å²) >= 11 is 0. The molecule has 1 aromatic rings. The van der Waals surface area contributed by atoms with Crippen LogP contribution >= 0.6 is 0 Å². The molecular weight excluding hydrogens is 298 g/mol. The number of hydrogen-bond donors (Lipinski definition) is 2.